The van der Waals surface area contributed by atoms with Gasteiger partial charge in [-0.1, -0.05) is 77.9 Å². The normalized spacial score (nSPS) is 16.4. The van der Waals surface area contributed by atoms with Crippen molar-refractivity contribution in [2.75, 3.05) is 14.2 Å². The fourth-order valence-electron chi connectivity index (χ4n) is 4.62. The Balaban J connectivity index is 1.98. The van der Waals surface area contributed by atoms with Crippen molar-refractivity contribution in [2.45, 2.75) is 53.6 Å². The zero-order valence-electron chi connectivity index (χ0n) is 20.2. The molecular weight excluding hydrogens is 384 g/mol. The van der Waals surface area contributed by atoms with E-state index in [0.717, 1.165) is 11.5 Å². The smallest absolute Gasteiger partial charge is 0.142 e. The van der Waals surface area contributed by atoms with Gasteiger partial charge in [-0.3, -0.25) is 0 Å². The maximum Gasteiger partial charge on any atom is 0.142 e. The quantitative estimate of drug-likeness (QED) is 0.513. The molecule has 2 atom stereocenters. The van der Waals surface area contributed by atoms with Crippen LogP contribution in [0.5, 0.6) is 11.5 Å². The van der Waals surface area contributed by atoms with E-state index in [2.05, 4.69) is 94.7 Å². The monoisotopic (exact) mass is 421 g/mol. The highest BCUT2D eigenvalue weighted by molar-refractivity contribution is 5.39. The van der Waals surface area contributed by atoms with E-state index >= 15 is 0 Å². The number of hydrogen-bond acceptors (Lipinski definition) is 4. The highest BCUT2D eigenvalue weighted by Crippen LogP contribution is 2.48. The van der Waals surface area contributed by atoms with Crippen molar-refractivity contribution in [1.29, 1.82) is 0 Å². The Morgan fingerprint density at radius 1 is 0.613 bits per heavy atom. The zero-order chi connectivity index (χ0) is 22.8. The van der Waals surface area contributed by atoms with Gasteiger partial charge in [0, 0.05) is 23.5 Å². The second-order valence-electron chi connectivity index (χ2n) is 10.3. The summed E-state index contributed by atoms with van der Waals surface area (Å²) in [6.45, 7) is 15.9. The first-order valence-electron chi connectivity index (χ1n) is 10.9. The van der Waals surface area contributed by atoms with Crippen LogP contribution in [0, 0.1) is 17.5 Å². The lowest BCUT2D eigenvalue weighted by Crippen LogP contribution is -2.36. The van der Waals surface area contributed by atoms with Crippen molar-refractivity contribution in [3.05, 3.63) is 78.7 Å². The van der Waals surface area contributed by atoms with E-state index in [1.807, 2.05) is 24.3 Å². The molecule has 0 saturated carbocycles. The van der Waals surface area contributed by atoms with Crippen molar-refractivity contribution in [2.24, 2.45) is 10.8 Å². The molecule has 1 aliphatic rings. The van der Waals surface area contributed by atoms with E-state index < -0.39 is 0 Å². The Labute approximate surface area is 188 Å². The van der Waals surface area contributed by atoms with Crippen LogP contribution in [0.1, 0.15) is 64.8 Å². The number of rotatable bonds is 6. The van der Waals surface area contributed by atoms with Crippen LogP contribution in [-0.4, -0.2) is 24.0 Å². The highest BCUT2D eigenvalue weighted by atomic mass is 16.5. The molecule has 4 nitrogen and oxygen atoms in total. The van der Waals surface area contributed by atoms with Crippen molar-refractivity contribution in [3.63, 3.8) is 0 Å². The van der Waals surface area contributed by atoms with Crippen molar-refractivity contribution < 1.29 is 9.47 Å². The Kier molecular flexibility index (Phi) is 6.59. The average Bonchev–Trinajstić information content (AvgIpc) is 3.15. The van der Waals surface area contributed by atoms with E-state index in [-0.39, 0.29) is 22.9 Å². The molecule has 0 N–H and O–H groups in total. The number of methoxy groups -OCH3 is 2. The van der Waals surface area contributed by atoms with E-state index in [1.165, 1.54) is 11.1 Å². The van der Waals surface area contributed by atoms with Gasteiger partial charge in [0.1, 0.15) is 18.2 Å². The summed E-state index contributed by atoms with van der Waals surface area (Å²) in [5.41, 5.74) is 2.36. The largest absolute Gasteiger partial charge is 0.496 e. The molecule has 0 aromatic heterocycles. The van der Waals surface area contributed by atoms with Gasteiger partial charge < -0.3 is 19.3 Å². The molecule has 0 saturated heterocycles. The fourth-order valence-corrected chi connectivity index (χ4v) is 4.62. The first kappa shape index (κ1) is 23.1. The molecule has 2 aromatic carbocycles. The summed E-state index contributed by atoms with van der Waals surface area (Å²) in [5.74, 6) is 1.83. The Hall–Kier alpha value is -2.62. The summed E-state index contributed by atoms with van der Waals surface area (Å²) in [7, 11) is 3.48. The SMILES string of the molecule is COc1ccccc1[C@@H](N1[CH]N([C@H](c2ccccc2OC)C(C)(C)C)C=C1)C(C)(C)C. The third-order valence-corrected chi connectivity index (χ3v) is 5.78. The summed E-state index contributed by atoms with van der Waals surface area (Å²) < 4.78 is 11.4. The summed E-state index contributed by atoms with van der Waals surface area (Å²) in [5, 5.41) is 0. The molecule has 0 aliphatic carbocycles. The Morgan fingerprint density at radius 2 is 0.968 bits per heavy atom. The van der Waals surface area contributed by atoms with Gasteiger partial charge in [-0.2, -0.15) is 0 Å². The van der Waals surface area contributed by atoms with Crippen LogP contribution in [0.3, 0.4) is 0 Å². The third kappa shape index (κ3) is 4.84. The maximum absolute atomic E-state index is 5.71. The molecule has 3 rings (SSSR count). The molecule has 2 aromatic rings. The predicted molar refractivity (Wildman–Crippen MR) is 127 cm³/mol. The molecule has 1 aliphatic heterocycles. The molecule has 0 spiro atoms. The summed E-state index contributed by atoms with van der Waals surface area (Å²) in [6.07, 6.45) is 4.35. The molecular formula is C27H37N2O2. The van der Waals surface area contributed by atoms with E-state index in [4.69, 9.17) is 9.47 Å². The van der Waals surface area contributed by atoms with Gasteiger partial charge >= 0.3 is 0 Å². The lowest BCUT2D eigenvalue weighted by atomic mass is 9.80. The van der Waals surface area contributed by atoms with Gasteiger partial charge in [0.2, 0.25) is 0 Å². The van der Waals surface area contributed by atoms with E-state index in [1.54, 1.807) is 14.2 Å². The van der Waals surface area contributed by atoms with Crippen LogP contribution < -0.4 is 9.47 Å². The molecule has 1 heterocycles. The molecule has 0 unspecified atom stereocenters. The molecule has 0 amide bonds. The molecule has 4 heteroatoms. The number of nitrogens with zero attached hydrogens (tertiary/aromatic N) is 2. The van der Waals surface area contributed by atoms with Crippen LogP contribution in [0.4, 0.5) is 0 Å². The minimum absolute atomic E-state index is 0.00680. The Morgan fingerprint density at radius 3 is 1.29 bits per heavy atom. The number of ether oxygens (including phenoxy) is 2. The van der Waals surface area contributed by atoms with Crippen molar-refractivity contribution >= 4 is 0 Å². The van der Waals surface area contributed by atoms with Crippen LogP contribution in [0.2, 0.25) is 0 Å². The van der Waals surface area contributed by atoms with Gasteiger partial charge in [0.15, 0.2) is 0 Å². The van der Waals surface area contributed by atoms with E-state index in [0.29, 0.717) is 0 Å². The number of benzene rings is 2. The van der Waals surface area contributed by atoms with Crippen LogP contribution >= 0.6 is 0 Å². The average molecular weight is 422 g/mol. The van der Waals surface area contributed by atoms with Crippen molar-refractivity contribution in [1.82, 2.24) is 9.80 Å². The zero-order valence-corrected chi connectivity index (χ0v) is 20.2. The van der Waals surface area contributed by atoms with Gasteiger partial charge in [-0.25, -0.2) is 0 Å². The molecule has 0 fully saturated rings. The van der Waals surface area contributed by atoms with Crippen LogP contribution in [-0.2, 0) is 0 Å². The fraction of sp³-hybridized carbons (Fsp3) is 0.444. The third-order valence-electron chi connectivity index (χ3n) is 5.78. The molecule has 31 heavy (non-hydrogen) atoms. The lowest BCUT2D eigenvalue weighted by Gasteiger charge is -2.42. The second-order valence-corrected chi connectivity index (χ2v) is 10.3. The Bertz CT molecular complexity index is 834. The second kappa shape index (κ2) is 8.86. The summed E-state index contributed by atoms with van der Waals surface area (Å²) in [4.78, 5) is 4.62. The molecule has 0 bridgehead atoms. The number of hydrogen-bond donors (Lipinski definition) is 0. The van der Waals surface area contributed by atoms with Gasteiger partial charge in [0.05, 0.1) is 26.3 Å². The minimum atomic E-state index is -0.00680. The predicted octanol–water partition coefficient (Wildman–Crippen LogP) is 6.79. The van der Waals surface area contributed by atoms with Crippen molar-refractivity contribution in [3.8, 4) is 11.5 Å². The first-order valence-corrected chi connectivity index (χ1v) is 10.9. The van der Waals surface area contributed by atoms with Gasteiger partial charge in [0.25, 0.3) is 0 Å². The topological polar surface area (TPSA) is 24.9 Å². The molecule has 1 radical (unpaired) electrons. The maximum atomic E-state index is 5.71. The van der Waals surface area contributed by atoms with Crippen LogP contribution in [0.15, 0.2) is 60.9 Å². The lowest BCUT2D eigenvalue weighted by molar-refractivity contribution is 0.113. The number of para-hydroxylation sites is 2. The standard InChI is InChI=1S/C27H37N2O2/c1-26(2,3)24(20-13-9-11-15-22(20)30-7)28-17-18-29(19-28)25(27(4,5)6)21-14-10-12-16-23(21)31-8/h9-19,24-25H,1-8H3/t24-,25-/m1/s1. The first-order chi connectivity index (χ1) is 14.6. The van der Waals surface area contributed by atoms with Gasteiger partial charge in [-0.15, -0.1) is 0 Å². The summed E-state index contributed by atoms with van der Waals surface area (Å²) in [6, 6.07) is 16.9. The molecule has 167 valence electrons. The van der Waals surface area contributed by atoms with Crippen LogP contribution in [0.25, 0.3) is 0 Å². The minimum Gasteiger partial charge on any atom is -0.496 e. The highest BCUT2D eigenvalue weighted by Gasteiger charge is 2.39. The van der Waals surface area contributed by atoms with Gasteiger partial charge in [-0.05, 0) is 23.0 Å². The summed E-state index contributed by atoms with van der Waals surface area (Å²) >= 11 is 0. The van der Waals surface area contributed by atoms with E-state index in [9.17, 15) is 0 Å².